The zero-order valence-electron chi connectivity index (χ0n) is 13.9. The van der Waals surface area contributed by atoms with Crippen LogP contribution in [0.4, 0.5) is 0 Å². The number of nitrogens with zero attached hydrogens (tertiary/aromatic N) is 1. The molecule has 118 valence electrons. The third-order valence-corrected chi connectivity index (χ3v) is 5.05. The molecule has 1 saturated carbocycles. The summed E-state index contributed by atoms with van der Waals surface area (Å²) in [6.07, 6.45) is 6.88. The zero-order valence-corrected chi connectivity index (χ0v) is 13.9. The van der Waals surface area contributed by atoms with Crippen LogP contribution in [0, 0.1) is 17.8 Å². The number of aromatic nitrogens is 1. The second kappa shape index (κ2) is 7.79. The molecule has 2 rings (SSSR count). The van der Waals surface area contributed by atoms with E-state index in [0.717, 1.165) is 30.7 Å². The summed E-state index contributed by atoms with van der Waals surface area (Å²) < 4.78 is 5.49. The van der Waals surface area contributed by atoms with Gasteiger partial charge in [0.1, 0.15) is 0 Å². The lowest BCUT2D eigenvalue weighted by molar-refractivity contribution is 0.169. The van der Waals surface area contributed by atoms with Gasteiger partial charge in [-0.05, 0) is 49.6 Å². The zero-order chi connectivity index (χ0) is 15.2. The lowest BCUT2D eigenvalue weighted by atomic mass is 9.72. The van der Waals surface area contributed by atoms with Crippen LogP contribution >= 0.6 is 0 Å². The Kier molecular flexibility index (Phi) is 6.04. The predicted molar refractivity (Wildman–Crippen MR) is 87.5 cm³/mol. The van der Waals surface area contributed by atoms with Crippen LogP contribution in [0.2, 0.25) is 0 Å². The van der Waals surface area contributed by atoms with Crippen LogP contribution in [0.25, 0.3) is 0 Å². The maximum Gasteiger partial charge on any atom is 0.217 e. The fourth-order valence-corrected chi connectivity index (χ4v) is 3.53. The van der Waals surface area contributed by atoms with Gasteiger partial charge in [0, 0.05) is 17.8 Å². The Morgan fingerprint density at radius 3 is 2.81 bits per heavy atom. The molecule has 0 saturated heterocycles. The molecule has 4 atom stereocenters. The molecule has 1 N–H and O–H groups in total. The summed E-state index contributed by atoms with van der Waals surface area (Å²) in [4.78, 5) is 4.39. The fourth-order valence-electron chi connectivity index (χ4n) is 3.53. The molecule has 1 heterocycles. The third-order valence-electron chi connectivity index (χ3n) is 5.05. The van der Waals surface area contributed by atoms with Gasteiger partial charge in [0.05, 0.1) is 7.11 Å². The fraction of sp³-hybridized carbons (Fsp3) is 0.722. The summed E-state index contributed by atoms with van der Waals surface area (Å²) in [6.45, 7) is 8.05. The summed E-state index contributed by atoms with van der Waals surface area (Å²) >= 11 is 0. The first-order chi connectivity index (χ1) is 10.2. The van der Waals surface area contributed by atoms with E-state index in [9.17, 15) is 0 Å². The molecule has 0 aromatic carbocycles. The topological polar surface area (TPSA) is 34.2 Å². The Morgan fingerprint density at radius 1 is 1.33 bits per heavy atom. The molecular formula is C18H30N2O. The van der Waals surface area contributed by atoms with E-state index in [4.69, 9.17) is 4.74 Å². The molecule has 21 heavy (non-hydrogen) atoms. The third kappa shape index (κ3) is 3.97. The van der Waals surface area contributed by atoms with Gasteiger partial charge >= 0.3 is 0 Å². The summed E-state index contributed by atoms with van der Waals surface area (Å²) in [6, 6.07) is 4.55. The minimum atomic E-state index is 0.364. The Bertz CT molecular complexity index is 435. The van der Waals surface area contributed by atoms with Gasteiger partial charge in [-0.25, -0.2) is 4.98 Å². The molecule has 0 bridgehead atoms. The molecule has 0 spiro atoms. The summed E-state index contributed by atoms with van der Waals surface area (Å²) in [5, 5.41) is 3.75. The second-order valence-electron chi connectivity index (χ2n) is 6.56. The van der Waals surface area contributed by atoms with Crippen molar-refractivity contribution < 1.29 is 4.74 Å². The van der Waals surface area contributed by atoms with Crippen LogP contribution in [0.15, 0.2) is 18.3 Å². The highest BCUT2D eigenvalue weighted by molar-refractivity contribution is 5.29. The van der Waals surface area contributed by atoms with Gasteiger partial charge in [0.25, 0.3) is 0 Å². The van der Waals surface area contributed by atoms with Gasteiger partial charge < -0.3 is 10.1 Å². The Morgan fingerprint density at radius 2 is 2.14 bits per heavy atom. The Labute approximate surface area is 129 Å². The Hall–Kier alpha value is -1.09. The van der Waals surface area contributed by atoms with E-state index in [1.807, 2.05) is 12.3 Å². The van der Waals surface area contributed by atoms with Crippen LogP contribution in [-0.4, -0.2) is 18.6 Å². The molecule has 1 aromatic heterocycles. The van der Waals surface area contributed by atoms with Gasteiger partial charge in [-0.15, -0.1) is 0 Å². The maximum absolute atomic E-state index is 5.49. The standard InChI is InChI=1S/C18H30N2O/c1-5-10-19-17(15-9-8-13(2)14(3)12-15)16-7-6-11-20-18(16)21-4/h6-7,11,13-15,17,19H,5,8-10,12H2,1-4H3. The summed E-state index contributed by atoms with van der Waals surface area (Å²) in [5.41, 5.74) is 1.22. The first kappa shape index (κ1) is 16.3. The second-order valence-corrected chi connectivity index (χ2v) is 6.56. The normalized spacial score (nSPS) is 27.3. The van der Waals surface area contributed by atoms with E-state index in [2.05, 4.69) is 37.1 Å². The van der Waals surface area contributed by atoms with Crippen LogP contribution in [-0.2, 0) is 0 Å². The lowest BCUT2D eigenvalue weighted by Gasteiger charge is -2.37. The highest BCUT2D eigenvalue weighted by Crippen LogP contribution is 2.41. The molecule has 1 aliphatic rings. The van der Waals surface area contributed by atoms with E-state index in [1.54, 1.807) is 7.11 Å². The van der Waals surface area contributed by atoms with E-state index >= 15 is 0 Å². The number of nitrogens with one attached hydrogen (secondary N) is 1. The molecule has 1 aromatic rings. The van der Waals surface area contributed by atoms with Crippen molar-refractivity contribution in [2.45, 2.75) is 52.5 Å². The molecular weight excluding hydrogens is 260 g/mol. The highest BCUT2D eigenvalue weighted by atomic mass is 16.5. The number of pyridine rings is 1. The smallest absolute Gasteiger partial charge is 0.217 e. The van der Waals surface area contributed by atoms with E-state index in [0.29, 0.717) is 12.0 Å². The average molecular weight is 290 g/mol. The van der Waals surface area contributed by atoms with Crippen molar-refractivity contribution in [1.29, 1.82) is 0 Å². The molecule has 3 nitrogen and oxygen atoms in total. The number of rotatable bonds is 6. The maximum atomic E-state index is 5.49. The van der Waals surface area contributed by atoms with Gasteiger partial charge in [0.15, 0.2) is 0 Å². The van der Waals surface area contributed by atoms with Crippen molar-refractivity contribution in [3.05, 3.63) is 23.9 Å². The van der Waals surface area contributed by atoms with Crippen molar-refractivity contribution in [2.24, 2.45) is 17.8 Å². The minimum Gasteiger partial charge on any atom is -0.481 e. The first-order valence-electron chi connectivity index (χ1n) is 8.39. The highest BCUT2D eigenvalue weighted by Gasteiger charge is 2.32. The molecule has 4 unspecified atom stereocenters. The van der Waals surface area contributed by atoms with Crippen molar-refractivity contribution in [3.8, 4) is 5.88 Å². The molecule has 3 heteroatoms. The van der Waals surface area contributed by atoms with Crippen molar-refractivity contribution in [2.75, 3.05) is 13.7 Å². The quantitative estimate of drug-likeness (QED) is 0.852. The van der Waals surface area contributed by atoms with Crippen molar-refractivity contribution >= 4 is 0 Å². The van der Waals surface area contributed by atoms with E-state index < -0.39 is 0 Å². The predicted octanol–water partition coefficient (Wildman–Crippen LogP) is 4.20. The largest absolute Gasteiger partial charge is 0.481 e. The van der Waals surface area contributed by atoms with Crippen LogP contribution in [0.3, 0.4) is 0 Å². The van der Waals surface area contributed by atoms with E-state index in [1.165, 1.54) is 24.8 Å². The van der Waals surface area contributed by atoms with Gasteiger partial charge in [-0.1, -0.05) is 33.3 Å². The number of methoxy groups -OCH3 is 1. The van der Waals surface area contributed by atoms with E-state index in [-0.39, 0.29) is 0 Å². The summed E-state index contributed by atoms with van der Waals surface area (Å²) in [7, 11) is 1.72. The number of ether oxygens (including phenoxy) is 1. The van der Waals surface area contributed by atoms with Crippen molar-refractivity contribution in [1.82, 2.24) is 10.3 Å². The molecule has 1 aliphatic carbocycles. The number of hydrogen-bond donors (Lipinski definition) is 1. The molecule has 0 amide bonds. The SMILES string of the molecule is CCCNC(c1cccnc1OC)C1CCC(C)C(C)C1. The lowest BCUT2D eigenvalue weighted by Crippen LogP contribution is -2.34. The molecule has 0 aliphatic heterocycles. The average Bonchev–Trinajstić information content (AvgIpc) is 2.51. The number of hydrogen-bond acceptors (Lipinski definition) is 3. The van der Waals surface area contributed by atoms with Crippen molar-refractivity contribution in [3.63, 3.8) is 0 Å². The van der Waals surface area contributed by atoms with Gasteiger partial charge in [-0.2, -0.15) is 0 Å². The van der Waals surface area contributed by atoms with Crippen LogP contribution in [0.5, 0.6) is 5.88 Å². The van der Waals surface area contributed by atoms with Gasteiger partial charge in [-0.3, -0.25) is 0 Å². The van der Waals surface area contributed by atoms with Crippen LogP contribution < -0.4 is 10.1 Å². The minimum absolute atomic E-state index is 0.364. The Balaban J connectivity index is 2.21. The molecule has 0 radical (unpaired) electrons. The summed E-state index contributed by atoms with van der Waals surface area (Å²) in [5.74, 6) is 3.11. The van der Waals surface area contributed by atoms with Crippen LogP contribution in [0.1, 0.15) is 58.1 Å². The monoisotopic (exact) mass is 290 g/mol. The first-order valence-corrected chi connectivity index (χ1v) is 8.39. The molecule has 1 fully saturated rings. The van der Waals surface area contributed by atoms with Gasteiger partial charge in [0.2, 0.25) is 5.88 Å².